The zero-order valence-electron chi connectivity index (χ0n) is 11.4. The molecule has 0 aliphatic carbocycles. The second kappa shape index (κ2) is 4.80. The predicted molar refractivity (Wildman–Crippen MR) is 75.4 cm³/mol. The molecule has 4 nitrogen and oxygen atoms in total. The number of fused-ring (bicyclic) bond motifs is 1. The molecule has 0 unspecified atom stereocenters. The van der Waals surface area contributed by atoms with Gasteiger partial charge in [-0.15, -0.1) is 0 Å². The van der Waals surface area contributed by atoms with E-state index in [2.05, 4.69) is 15.9 Å². The van der Waals surface area contributed by atoms with Gasteiger partial charge in [0.1, 0.15) is 17.1 Å². The van der Waals surface area contributed by atoms with Gasteiger partial charge in [-0.25, -0.2) is 0 Å². The van der Waals surface area contributed by atoms with Gasteiger partial charge in [-0.2, -0.15) is 0 Å². The average Bonchev–Trinajstić information content (AvgIpc) is 2.34. The number of Topliss-reactive ketones (excluding diaryl/α,β-unsaturated/α-hetero) is 1. The van der Waals surface area contributed by atoms with Crippen molar-refractivity contribution in [1.82, 2.24) is 0 Å². The number of ether oxygens (including phenoxy) is 2. The number of methoxy groups -OCH3 is 1. The average molecular weight is 329 g/mol. The second-order valence-corrected chi connectivity index (χ2v) is 6.19. The van der Waals surface area contributed by atoms with Crippen molar-refractivity contribution in [2.24, 2.45) is 0 Å². The molecule has 0 saturated carbocycles. The SMILES string of the molecule is COc1cc2c(cc1C(C)=O)[C@H](O)[C@@H](Br)C(C)(C)O2. The summed E-state index contributed by atoms with van der Waals surface area (Å²) in [6, 6.07) is 3.31. The largest absolute Gasteiger partial charge is 0.496 e. The van der Waals surface area contributed by atoms with Crippen molar-refractivity contribution in [3.8, 4) is 11.5 Å². The number of aliphatic hydroxyl groups excluding tert-OH is 1. The van der Waals surface area contributed by atoms with E-state index >= 15 is 0 Å². The number of carbonyl (C=O) groups is 1. The van der Waals surface area contributed by atoms with E-state index in [1.165, 1.54) is 14.0 Å². The van der Waals surface area contributed by atoms with Crippen molar-refractivity contribution in [2.45, 2.75) is 37.3 Å². The number of ketones is 1. The molecule has 0 fully saturated rings. The normalized spacial score (nSPS) is 24.3. The standard InChI is InChI=1S/C14H17BrO4/c1-7(16)8-5-9-11(6-10(8)18-4)19-14(2,3)13(15)12(9)17/h5-6,12-13,17H,1-4H3/t12-,13+/m0/s1. The highest BCUT2D eigenvalue weighted by Gasteiger charge is 2.42. The summed E-state index contributed by atoms with van der Waals surface area (Å²) in [6.45, 7) is 5.25. The maximum absolute atomic E-state index is 11.6. The third-order valence-corrected chi connectivity index (χ3v) is 4.95. The third-order valence-electron chi connectivity index (χ3n) is 3.34. The lowest BCUT2D eigenvalue weighted by atomic mass is 9.90. The van der Waals surface area contributed by atoms with Gasteiger partial charge in [0.05, 0.1) is 23.6 Å². The Morgan fingerprint density at radius 2 is 2.11 bits per heavy atom. The van der Waals surface area contributed by atoms with Gasteiger partial charge < -0.3 is 14.6 Å². The summed E-state index contributed by atoms with van der Waals surface area (Å²) in [5.41, 5.74) is 0.505. The number of hydrogen-bond donors (Lipinski definition) is 1. The Kier molecular flexibility index (Phi) is 3.62. The molecule has 1 N–H and O–H groups in total. The Morgan fingerprint density at radius 1 is 1.47 bits per heavy atom. The van der Waals surface area contributed by atoms with Crippen molar-refractivity contribution in [3.63, 3.8) is 0 Å². The minimum absolute atomic E-state index is 0.109. The van der Waals surface area contributed by atoms with Crippen LogP contribution in [0.2, 0.25) is 0 Å². The van der Waals surface area contributed by atoms with E-state index in [0.717, 1.165) is 0 Å². The molecular formula is C14H17BrO4. The molecule has 104 valence electrons. The number of benzene rings is 1. The van der Waals surface area contributed by atoms with Crippen LogP contribution in [0.3, 0.4) is 0 Å². The highest BCUT2D eigenvalue weighted by molar-refractivity contribution is 9.09. The number of rotatable bonds is 2. The molecule has 1 aromatic carbocycles. The minimum Gasteiger partial charge on any atom is -0.496 e. The first-order valence-electron chi connectivity index (χ1n) is 6.02. The van der Waals surface area contributed by atoms with Gasteiger partial charge in [-0.1, -0.05) is 15.9 Å². The van der Waals surface area contributed by atoms with Crippen LogP contribution in [-0.2, 0) is 0 Å². The van der Waals surface area contributed by atoms with Crippen LogP contribution in [0, 0.1) is 0 Å². The Labute approximate surface area is 120 Å². The fourth-order valence-electron chi connectivity index (χ4n) is 2.22. The zero-order valence-corrected chi connectivity index (χ0v) is 12.9. The van der Waals surface area contributed by atoms with Crippen LogP contribution < -0.4 is 9.47 Å². The molecule has 1 heterocycles. The number of hydrogen-bond acceptors (Lipinski definition) is 4. The van der Waals surface area contributed by atoms with E-state index in [4.69, 9.17) is 9.47 Å². The van der Waals surface area contributed by atoms with E-state index in [1.54, 1.807) is 12.1 Å². The fourth-order valence-corrected chi connectivity index (χ4v) is 2.60. The molecule has 1 aliphatic rings. The monoisotopic (exact) mass is 328 g/mol. The number of halogens is 1. The molecule has 0 spiro atoms. The van der Waals surface area contributed by atoms with Gasteiger partial charge in [-0.05, 0) is 26.8 Å². The summed E-state index contributed by atoms with van der Waals surface area (Å²) in [7, 11) is 1.51. The van der Waals surface area contributed by atoms with Crippen LogP contribution in [0.1, 0.15) is 42.8 Å². The lowest BCUT2D eigenvalue weighted by Gasteiger charge is -2.40. The van der Waals surface area contributed by atoms with Crippen LogP contribution in [0.25, 0.3) is 0 Å². The smallest absolute Gasteiger partial charge is 0.163 e. The molecule has 19 heavy (non-hydrogen) atoms. The summed E-state index contributed by atoms with van der Waals surface area (Å²) in [6.07, 6.45) is -0.734. The summed E-state index contributed by atoms with van der Waals surface area (Å²) in [5, 5.41) is 10.4. The van der Waals surface area contributed by atoms with Gasteiger partial charge >= 0.3 is 0 Å². The first-order valence-corrected chi connectivity index (χ1v) is 6.93. The van der Waals surface area contributed by atoms with Crippen molar-refractivity contribution >= 4 is 21.7 Å². The van der Waals surface area contributed by atoms with E-state index in [1.807, 2.05) is 13.8 Å². The van der Waals surface area contributed by atoms with Gasteiger partial charge in [0, 0.05) is 11.6 Å². The number of carbonyl (C=O) groups excluding carboxylic acids is 1. The van der Waals surface area contributed by atoms with Crippen LogP contribution in [0.4, 0.5) is 0 Å². The van der Waals surface area contributed by atoms with Crippen molar-refractivity contribution in [1.29, 1.82) is 0 Å². The summed E-state index contributed by atoms with van der Waals surface area (Å²) < 4.78 is 11.1. The fraction of sp³-hybridized carbons (Fsp3) is 0.500. The van der Waals surface area contributed by atoms with Crippen molar-refractivity contribution in [3.05, 3.63) is 23.3 Å². The maximum Gasteiger partial charge on any atom is 0.163 e. The first-order chi connectivity index (χ1) is 8.77. The molecule has 0 saturated heterocycles. The van der Waals surface area contributed by atoms with Crippen LogP contribution in [0.15, 0.2) is 12.1 Å². The first kappa shape index (κ1) is 14.3. The van der Waals surface area contributed by atoms with Crippen LogP contribution in [-0.4, -0.2) is 28.4 Å². The van der Waals surface area contributed by atoms with E-state index in [0.29, 0.717) is 22.6 Å². The van der Waals surface area contributed by atoms with Gasteiger partial charge in [0.15, 0.2) is 5.78 Å². The Hall–Kier alpha value is -1.07. The lowest BCUT2D eigenvalue weighted by molar-refractivity contribution is 0.0223. The van der Waals surface area contributed by atoms with Crippen LogP contribution >= 0.6 is 15.9 Å². The van der Waals surface area contributed by atoms with Gasteiger partial charge in [0.2, 0.25) is 0 Å². The lowest BCUT2D eigenvalue weighted by Crippen LogP contribution is -2.45. The molecule has 1 aromatic rings. The topological polar surface area (TPSA) is 55.8 Å². The molecule has 0 radical (unpaired) electrons. The maximum atomic E-state index is 11.6. The Morgan fingerprint density at radius 3 is 2.63 bits per heavy atom. The molecule has 1 aliphatic heterocycles. The molecule has 2 atom stereocenters. The van der Waals surface area contributed by atoms with Gasteiger partial charge in [0.25, 0.3) is 0 Å². The number of alkyl halides is 1. The quantitative estimate of drug-likeness (QED) is 0.670. The van der Waals surface area contributed by atoms with Gasteiger partial charge in [-0.3, -0.25) is 4.79 Å². The second-order valence-electron chi connectivity index (χ2n) is 5.20. The van der Waals surface area contributed by atoms with Crippen molar-refractivity contribution in [2.75, 3.05) is 7.11 Å². The highest BCUT2D eigenvalue weighted by Crippen LogP contribution is 2.45. The van der Waals surface area contributed by atoms with E-state index in [-0.39, 0.29) is 10.6 Å². The number of aliphatic hydroxyl groups is 1. The van der Waals surface area contributed by atoms with E-state index < -0.39 is 11.7 Å². The molecule has 0 aromatic heterocycles. The van der Waals surface area contributed by atoms with Crippen LogP contribution in [0.5, 0.6) is 11.5 Å². The molecule has 5 heteroatoms. The summed E-state index contributed by atoms with van der Waals surface area (Å²) in [5.74, 6) is 0.903. The zero-order chi connectivity index (χ0) is 14.4. The molecule has 0 bridgehead atoms. The minimum atomic E-state index is -0.734. The molecule has 0 amide bonds. The van der Waals surface area contributed by atoms with Crippen molar-refractivity contribution < 1.29 is 19.4 Å². The van der Waals surface area contributed by atoms with E-state index in [9.17, 15) is 9.90 Å². The summed E-state index contributed by atoms with van der Waals surface area (Å²) in [4.78, 5) is 11.4. The molecular weight excluding hydrogens is 312 g/mol. The highest BCUT2D eigenvalue weighted by atomic mass is 79.9. The summed E-state index contributed by atoms with van der Waals surface area (Å²) >= 11 is 3.45. The Balaban J connectivity index is 2.60. The predicted octanol–water partition coefficient (Wildman–Crippen LogP) is 2.87. The Bertz CT molecular complexity index is 524. The third kappa shape index (κ3) is 2.37. The molecule has 2 rings (SSSR count).